The molecule has 1 rings (SSSR count). The fraction of sp³-hybridized carbons (Fsp3) is 0.308. The van der Waals surface area contributed by atoms with E-state index in [-0.39, 0.29) is 17.9 Å². The lowest BCUT2D eigenvalue weighted by Gasteiger charge is -2.12. The fourth-order valence-corrected chi connectivity index (χ4v) is 1.91. The highest BCUT2D eigenvalue weighted by Gasteiger charge is 2.29. The molecule has 1 unspecified atom stereocenters. The van der Waals surface area contributed by atoms with E-state index in [1.54, 1.807) is 19.1 Å². The molecule has 4 nitrogen and oxygen atoms in total. The van der Waals surface area contributed by atoms with E-state index in [2.05, 4.69) is 32.2 Å². The Morgan fingerprint density at radius 3 is 2.78 bits per heavy atom. The number of ketones is 1. The average Bonchev–Trinajstić information content (AvgIpc) is 2.37. The predicted octanol–water partition coefficient (Wildman–Crippen LogP) is 2.70. The Morgan fingerprint density at radius 1 is 1.56 bits per heavy atom. The minimum atomic E-state index is -0.891. The molecule has 96 valence electrons. The zero-order chi connectivity index (χ0) is 13.7. The monoisotopic (exact) mass is 311 g/mol. The van der Waals surface area contributed by atoms with Crippen LogP contribution < -0.4 is 0 Å². The summed E-state index contributed by atoms with van der Waals surface area (Å²) in [6.45, 7) is 5.32. The molecule has 1 heterocycles. The molecule has 1 atom stereocenters. The van der Waals surface area contributed by atoms with Crippen LogP contribution in [-0.4, -0.2) is 23.8 Å². The molecule has 1 aromatic heterocycles. The van der Waals surface area contributed by atoms with Crippen molar-refractivity contribution in [2.45, 2.75) is 13.3 Å². The molecule has 0 N–H and O–H groups in total. The van der Waals surface area contributed by atoms with E-state index in [0.29, 0.717) is 10.2 Å². The molecule has 5 heteroatoms. The van der Waals surface area contributed by atoms with Gasteiger partial charge in [0, 0.05) is 10.2 Å². The summed E-state index contributed by atoms with van der Waals surface area (Å²) in [6, 6.07) is 3.51. The van der Waals surface area contributed by atoms with Gasteiger partial charge >= 0.3 is 5.97 Å². The number of Topliss-reactive ketones (excluding diaryl/α,β-unsaturated/α-hetero) is 1. The molecule has 1 aromatic rings. The Bertz CT molecular complexity index is 485. The molecule has 0 aromatic carbocycles. The fourth-order valence-electron chi connectivity index (χ4n) is 1.50. The molecular weight excluding hydrogens is 298 g/mol. The maximum atomic E-state index is 12.3. The SMILES string of the molecule is C=CCC(C(=O)OC)C(=O)c1nc(C)ccc1Br. The number of nitrogens with zero attached hydrogens (tertiary/aromatic N) is 1. The molecule has 0 spiro atoms. The van der Waals surface area contributed by atoms with E-state index in [1.807, 2.05) is 0 Å². The summed E-state index contributed by atoms with van der Waals surface area (Å²) >= 11 is 3.26. The van der Waals surface area contributed by atoms with Crippen molar-refractivity contribution in [2.24, 2.45) is 5.92 Å². The highest BCUT2D eigenvalue weighted by molar-refractivity contribution is 9.10. The van der Waals surface area contributed by atoms with Crippen LogP contribution in [0, 0.1) is 12.8 Å². The van der Waals surface area contributed by atoms with Crippen LogP contribution in [0.3, 0.4) is 0 Å². The summed E-state index contributed by atoms with van der Waals surface area (Å²) < 4.78 is 5.19. The van der Waals surface area contributed by atoms with Crippen molar-refractivity contribution >= 4 is 27.7 Å². The van der Waals surface area contributed by atoms with Gasteiger partial charge in [-0.15, -0.1) is 6.58 Å². The Kier molecular flexibility index (Phi) is 5.22. The maximum Gasteiger partial charge on any atom is 0.316 e. The van der Waals surface area contributed by atoms with Gasteiger partial charge in [-0.05, 0) is 41.4 Å². The van der Waals surface area contributed by atoms with Crippen LogP contribution in [0.1, 0.15) is 22.6 Å². The van der Waals surface area contributed by atoms with Crippen molar-refractivity contribution in [1.82, 2.24) is 4.98 Å². The normalized spacial score (nSPS) is 11.7. The molecule has 0 aliphatic rings. The van der Waals surface area contributed by atoms with E-state index in [1.165, 1.54) is 13.2 Å². The van der Waals surface area contributed by atoms with Crippen LogP contribution in [0.5, 0.6) is 0 Å². The lowest BCUT2D eigenvalue weighted by Crippen LogP contribution is -2.26. The first-order valence-electron chi connectivity index (χ1n) is 5.37. The number of esters is 1. The van der Waals surface area contributed by atoms with E-state index in [0.717, 1.165) is 0 Å². The molecule has 0 saturated heterocycles. The predicted molar refractivity (Wildman–Crippen MR) is 71.3 cm³/mol. The topological polar surface area (TPSA) is 56.3 Å². The third kappa shape index (κ3) is 3.26. The zero-order valence-corrected chi connectivity index (χ0v) is 11.9. The number of hydrogen-bond donors (Lipinski definition) is 0. The first-order chi connectivity index (χ1) is 8.51. The van der Waals surface area contributed by atoms with Gasteiger partial charge in [0.25, 0.3) is 0 Å². The van der Waals surface area contributed by atoms with Crippen LogP contribution in [0.4, 0.5) is 0 Å². The number of pyridine rings is 1. The van der Waals surface area contributed by atoms with Crippen LogP contribution in [-0.2, 0) is 9.53 Å². The van der Waals surface area contributed by atoms with Crippen molar-refractivity contribution < 1.29 is 14.3 Å². The molecule has 0 radical (unpaired) electrons. The summed E-state index contributed by atoms with van der Waals surface area (Å²) in [4.78, 5) is 28.0. The van der Waals surface area contributed by atoms with Crippen LogP contribution in [0.2, 0.25) is 0 Å². The lowest BCUT2D eigenvalue weighted by atomic mass is 9.97. The number of hydrogen-bond acceptors (Lipinski definition) is 4. The lowest BCUT2D eigenvalue weighted by molar-refractivity contribution is -0.143. The number of carbonyl (C=O) groups is 2. The summed E-state index contributed by atoms with van der Waals surface area (Å²) in [5, 5.41) is 0. The molecule has 0 aliphatic heterocycles. The second-order valence-corrected chi connectivity index (χ2v) is 4.60. The van der Waals surface area contributed by atoms with E-state index in [4.69, 9.17) is 0 Å². The van der Waals surface area contributed by atoms with Gasteiger partial charge in [-0.3, -0.25) is 9.59 Å². The quantitative estimate of drug-likeness (QED) is 0.363. The van der Waals surface area contributed by atoms with Gasteiger partial charge in [0.2, 0.25) is 0 Å². The van der Waals surface area contributed by atoms with Gasteiger partial charge in [-0.1, -0.05) is 6.08 Å². The molecule has 18 heavy (non-hydrogen) atoms. The van der Waals surface area contributed by atoms with E-state index < -0.39 is 11.9 Å². The third-order valence-corrected chi connectivity index (χ3v) is 3.06. The van der Waals surface area contributed by atoms with Gasteiger partial charge in [0.15, 0.2) is 5.78 Å². The third-order valence-electron chi connectivity index (χ3n) is 2.42. The Hall–Kier alpha value is -1.49. The largest absolute Gasteiger partial charge is 0.468 e. The number of ether oxygens (including phenoxy) is 1. The summed E-state index contributed by atoms with van der Waals surface area (Å²) in [5.41, 5.74) is 0.955. The van der Waals surface area contributed by atoms with E-state index in [9.17, 15) is 9.59 Å². The van der Waals surface area contributed by atoms with Gasteiger partial charge < -0.3 is 4.74 Å². The van der Waals surface area contributed by atoms with Crippen LogP contribution >= 0.6 is 15.9 Å². The smallest absolute Gasteiger partial charge is 0.316 e. The number of allylic oxidation sites excluding steroid dienone is 1. The Labute approximate surface area is 114 Å². The van der Waals surface area contributed by atoms with Crippen molar-refractivity contribution in [3.8, 4) is 0 Å². The average molecular weight is 312 g/mol. The number of methoxy groups -OCH3 is 1. The van der Waals surface area contributed by atoms with Gasteiger partial charge in [-0.2, -0.15) is 0 Å². The van der Waals surface area contributed by atoms with Crippen molar-refractivity contribution in [3.63, 3.8) is 0 Å². The van der Waals surface area contributed by atoms with Gasteiger partial charge in [0.1, 0.15) is 11.6 Å². The number of rotatable bonds is 5. The molecular formula is C13H14BrNO3. The molecule has 0 amide bonds. The number of aryl methyl sites for hydroxylation is 1. The molecule has 0 bridgehead atoms. The van der Waals surface area contributed by atoms with Crippen LogP contribution in [0.15, 0.2) is 29.3 Å². The van der Waals surface area contributed by atoms with Gasteiger partial charge in [0.05, 0.1) is 7.11 Å². The number of aromatic nitrogens is 1. The summed E-state index contributed by atoms with van der Waals surface area (Å²) in [7, 11) is 1.25. The number of halogens is 1. The van der Waals surface area contributed by atoms with Crippen molar-refractivity contribution in [3.05, 3.63) is 40.6 Å². The van der Waals surface area contributed by atoms with Crippen molar-refractivity contribution in [2.75, 3.05) is 7.11 Å². The Balaban J connectivity index is 3.12. The molecule has 0 saturated carbocycles. The van der Waals surface area contributed by atoms with Gasteiger partial charge in [-0.25, -0.2) is 4.98 Å². The minimum Gasteiger partial charge on any atom is -0.468 e. The van der Waals surface area contributed by atoms with E-state index >= 15 is 0 Å². The maximum absolute atomic E-state index is 12.3. The van der Waals surface area contributed by atoms with Crippen molar-refractivity contribution in [1.29, 1.82) is 0 Å². The molecule has 0 aliphatic carbocycles. The second-order valence-electron chi connectivity index (χ2n) is 3.75. The molecule has 0 fully saturated rings. The standard InChI is InChI=1S/C13H14BrNO3/c1-4-5-9(13(17)18-3)12(16)11-10(14)7-6-8(2)15-11/h4,6-7,9H,1,5H2,2-3H3. The van der Waals surface area contributed by atoms with Crippen LogP contribution in [0.25, 0.3) is 0 Å². The summed E-state index contributed by atoms with van der Waals surface area (Å²) in [5.74, 6) is -1.83. The zero-order valence-electron chi connectivity index (χ0n) is 10.3. The number of carbonyl (C=O) groups excluding carboxylic acids is 2. The summed E-state index contributed by atoms with van der Waals surface area (Å²) in [6.07, 6.45) is 1.75. The highest BCUT2D eigenvalue weighted by atomic mass is 79.9. The first-order valence-corrected chi connectivity index (χ1v) is 6.16. The minimum absolute atomic E-state index is 0.230. The Morgan fingerprint density at radius 2 is 2.22 bits per heavy atom. The first kappa shape index (κ1) is 14.6. The highest BCUT2D eigenvalue weighted by Crippen LogP contribution is 2.21. The second kappa shape index (κ2) is 6.44.